The highest BCUT2D eigenvalue weighted by molar-refractivity contribution is 4.88. The molecule has 0 saturated heterocycles. The monoisotopic (exact) mass is 254 g/mol. The van der Waals surface area contributed by atoms with Crippen molar-refractivity contribution in [3.63, 3.8) is 0 Å². The van der Waals surface area contributed by atoms with E-state index in [-0.39, 0.29) is 0 Å². The predicted octanol–water partition coefficient (Wildman–Crippen LogP) is 3.65. The molecule has 4 atom stereocenters. The van der Waals surface area contributed by atoms with E-state index in [1.807, 2.05) is 0 Å². The van der Waals surface area contributed by atoms with Crippen molar-refractivity contribution in [1.29, 1.82) is 0 Å². The highest BCUT2D eigenvalue weighted by Gasteiger charge is 2.33. The Hall–Kier alpha value is -0.0800. The molecule has 4 unspecified atom stereocenters. The summed E-state index contributed by atoms with van der Waals surface area (Å²) in [5.41, 5.74) is 6.02. The van der Waals surface area contributed by atoms with Crippen LogP contribution in [0, 0.1) is 11.8 Å². The lowest BCUT2D eigenvalue weighted by atomic mass is 9.77. The standard InChI is InChI=1S/C16H34N2/c1-5-7-10-18(14(4)6-2)16-11-13(3)8-9-15(16)12-17/h13-16H,5-12,17H2,1-4H3. The van der Waals surface area contributed by atoms with Crippen LogP contribution in [0.15, 0.2) is 0 Å². The molecule has 1 aliphatic rings. The van der Waals surface area contributed by atoms with Gasteiger partial charge in [-0.1, -0.05) is 33.6 Å². The van der Waals surface area contributed by atoms with Crippen molar-refractivity contribution in [2.45, 2.75) is 78.3 Å². The van der Waals surface area contributed by atoms with Crippen LogP contribution >= 0.6 is 0 Å². The zero-order valence-electron chi connectivity index (χ0n) is 13.0. The fraction of sp³-hybridized carbons (Fsp3) is 1.00. The van der Waals surface area contributed by atoms with Gasteiger partial charge in [0.15, 0.2) is 0 Å². The predicted molar refractivity (Wildman–Crippen MR) is 80.7 cm³/mol. The van der Waals surface area contributed by atoms with E-state index in [1.54, 1.807) is 0 Å². The molecule has 1 fully saturated rings. The second-order valence-corrected chi connectivity index (χ2v) is 6.33. The molecule has 1 aliphatic carbocycles. The number of nitrogens with zero attached hydrogens (tertiary/aromatic N) is 1. The maximum Gasteiger partial charge on any atom is 0.0141 e. The average molecular weight is 254 g/mol. The Labute approximate surface area is 114 Å². The van der Waals surface area contributed by atoms with Gasteiger partial charge in [0.25, 0.3) is 0 Å². The molecule has 2 heteroatoms. The number of hydrogen-bond acceptors (Lipinski definition) is 2. The minimum Gasteiger partial charge on any atom is -0.330 e. The van der Waals surface area contributed by atoms with E-state index >= 15 is 0 Å². The smallest absolute Gasteiger partial charge is 0.0141 e. The first kappa shape index (κ1) is 16.0. The Bertz CT molecular complexity index is 217. The van der Waals surface area contributed by atoms with Crippen LogP contribution in [-0.2, 0) is 0 Å². The van der Waals surface area contributed by atoms with E-state index in [0.29, 0.717) is 6.04 Å². The van der Waals surface area contributed by atoms with Crippen LogP contribution in [0.2, 0.25) is 0 Å². The largest absolute Gasteiger partial charge is 0.330 e. The second-order valence-electron chi connectivity index (χ2n) is 6.33. The Morgan fingerprint density at radius 2 is 2.00 bits per heavy atom. The van der Waals surface area contributed by atoms with Crippen molar-refractivity contribution in [2.24, 2.45) is 17.6 Å². The molecule has 0 aromatic carbocycles. The molecular weight excluding hydrogens is 220 g/mol. The Balaban J connectivity index is 2.72. The quantitative estimate of drug-likeness (QED) is 0.751. The van der Waals surface area contributed by atoms with Crippen LogP contribution < -0.4 is 5.73 Å². The van der Waals surface area contributed by atoms with Gasteiger partial charge in [-0.05, 0) is 57.5 Å². The van der Waals surface area contributed by atoms with E-state index in [1.165, 1.54) is 45.1 Å². The summed E-state index contributed by atoms with van der Waals surface area (Å²) in [5, 5.41) is 0. The van der Waals surface area contributed by atoms with E-state index in [2.05, 4.69) is 32.6 Å². The fourth-order valence-electron chi connectivity index (χ4n) is 3.38. The zero-order chi connectivity index (χ0) is 13.5. The Kier molecular flexibility index (Phi) is 7.25. The van der Waals surface area contributed by atoms with Crippen LogP contribution in [0.25, 0.3) is 0 Å². The third kappa shape index (κ3) is 4.24. The van der Waals surface area contributed by atoms with Crippen LogP contribution in [0.3, 0.4) is 0 Å². The number of hydrogen-bond donors (Lipinski definition) is 1. The fourth-order valence-corrected chi connectivity index (χ4v) is 3.38. The highest BCUT2D eigenvalue weighted by atomic mass is 15.2. The summed E-state index contributed by atoms with van der Waals surface area (Å²) in [6, 6.07) is 1.45. The number of rotatable bonds is 7. The van der Waals surface area contributed by atoms with Crippen molar-refractivity contribution >= 4 is 0 Å². The van der Waals surface area contributed by atoms with Gasteiger partial charge in [-0.15, -0.1) is 0 Å². The van der Waals surface area contributed by atoms with E-state index in [9.17, 15) is 0 Å². The summed E-state index contributed by atoms with van der Waals surface area (Å²) >= 11 is 0. The Morgan fingerprint density at radius 3 is 2.56 bits per heavy atom. The van der Waals surface area contributed by atoms with E-state index in [0.717, 1.165) is 24.4 Å². The van der Waals surface area contributed by atoms with Gasteiger partial charge in [-0.25, -0.2) is 0 Å². The molecule has 0 heterocycles. The van der Waals surface area contributed by atoms with Gasteiger partial charge in [0.05, 0.1) is 0 Å². The van der Waals surface area contributed by atoms with Crippen molar-refractivity contribution in [3.8, 4) is 0 Å². The molecule has 0 amide bonds. The first-order chi connectivity index (χ1) is 8.63. The SMILES string of the molecule is CCCCN(C(C)CC)C1CC(C)CCC1CN. The summed E-state index contributed by atoms with van der Waals surface area (Å²) in [4.78, 5) is 2.77. The summed E-state index contributed by atoms with van der Waals surface area (Å²) < 4.78 is 0. The summed E-state index contributed by atoms with van der Waals surface area (Å²) in [7, 11) is 0. The van der Waals surface area contributed by atoms with Gasteiger partial charge in [-0.3, -0.25) is 4.90 Å². The molecule has 0 spiro atoms. The van der Waals surface area contributed by atoms with Crippen molar-refractivity contribution < 1.29 is 0 Å². The van der Waals surface area contributed by atoms with Crippen molar-refractivity contribution in [3.05, 3.63) is 0 Å². The van der Waals surface area contributed by atoms with Crippen LogP contribution in [0.4, 0.5) is 0 Å². The van der Waals surface area contributed by atoms with Crippen molar-refractivity contribution in [2.75, 3.05) is 13.1 Å². The molecule has 18 heavy (non-hydrogen) atoms. The first-order valence-corrected chi connectivity index (χ1v) is 8.09. The molecule has 1 saturated carbocycles. The summed E-state index contributed by atoms with van der Waals surface area (Å²) in [5.74, 6) is 1.61. The molecule has 2 nitrogen and oxygen atoms in total. The van der Waals surface area contributed by atoms with Crippen LogP contribution in [-0.4, -0.2) is 30.1 Å². The third-order valence-electron chi connectivity index (χ3n) is 4.87. The summed E-state index contributed by atoms with van der Waals surface area (Å²) in [6.07, 6.45) is 7.94. The molecule has 0 radical (unpaired) electrons. The molecular formula is C16H34N2. The third-order valence-corrected chi connectivity index (χ3v) is 4.87. The molecule has 0 bridgehead atoms. The molecule has 0 aromatic heterocycles. The number of unbranched alkanes of at least 4 members (excludes halogenated alkanes) is 1. The first-order valence-electron chi connectivity index (χ1n) is 8.09. The Morgan fingerprint density at radius 1 is 1.28 bits per heavy atom. The van der Waals surface area contributed by atoms with Crippen molar-refractivity contribution in [1.82, 2.24) is 4.90 Å². The molecule has 0 aromatic rings. The molecule has 0 aliphatic heterocycles. The van der Waals surface area contributed by atoms with E-state index < -0.39 is 0 Å². The van der Waals surface area contributed by atoms with Crippen LogP contribution in [0.5, 0.6) is 0 Å². The minimum absolute atomic E-state index is 0.709. The van der Waals surface area contributed by atoms with E-state index in [4.69, 9.17) is 5.73 Å². The maximum absolute atomic E-state index is 6.02. The maximum atomic E-state index is 6.02. The lowest BCUT2D eigenvalue weighted by molar-refractivity contribution is 0.0526. The topological polar surface area (TPSA) is 29.3 Å². The molecule has 108 valence electrons. The van der Waals surface area contributed by atoms with Gasteiger partial charge in [0.2, 0.25) is 0 Å². The van der Waals surface area contributed by atoms with Gasteiger partial charge in [0.1, 0.15) is 0 Å². The molecule has 2 N–H and O–H groups in total. The lowest BCUT2D eigenvalue weighted by Gasteiger charge is -2.44. The normalized spacial score (nSPS) is 30.7. The van der Waals surface area contributed by atoms with Gasteiger partial charge >= 0.3 is 0 Å². The average Bonchev–Trinajstić information content (AvgIpc) is 2.39. The minimum atomic E-state index is 0.709. The zero-order valence-corrected chi connectivity index (χ0v) is 13.0. The van der Waals surface area contributed by atoms with Gasteiger partial charge in [0, 0.05) is 12.1 Å². The van der Waals surface area contributed by atoms with Crippen LogP contribution in [0.1, 0.15) is 66.2 Å². The molecule has 1 rings (SSSR count). The number of nitrogens with two attached hydrogens (primary N) is 1. The highest BCUT2D eigenvalue weighted by Crippen LogP contribution is 2.33. The lowest BCUT2D eigenvalue weighted by Crippen LogP contribution is -2.50. The van der Waals surface area contributed by atoms with Gasteiger partial charge < -0.3 is 5.73 Å². The van der Waals surface area contributed by atoms with Gasteiger partial charge in [-0.2, -0.15) is 0 Å². The summed E-state index contributed by atoms with van der Waals surface area (Å²) in [6.45, 7) is 11.5. The second kappa shape index (κ2) is 8.16.